The molecule has 1 rings (SSSR count). The number of hydrogen-bond donors (Lipinski definition) is 0. The monoisotopic (exact) mass is 255 g/mol. The first-order valence-electron chi connectivity index (χ1n) is 6.19. The quantitative estimate of drug-likeness (QED) is 0.719. The highest BCUT2D eigenvalue weighted by molar-refractivity contribution is 6.18. The van der Waals surface area contributed by atoms with Crippen LogP contribution in [-0.2, 0) is 6.42 Å². The van der Waals surface area contributed by atoms with Gasteiger partial charge in [0, 0.05) is 28.9 Å². The van der Waals surface area contributed by atoms with Gasteiger partial charge in [-0.05, 0) is 32.6 Å². The fourth-order valence-corrected chi connectivity index (χ4v) is 2.46. The first-order chi connectivity index (χ1) is 8.13. The summed E-state index contributed by atoms with van der Waals surface area (Å²) in [6.07, 6.45) is 5.15. The summed E-state index contributed by atoms with van der Waals surface area (Å²) in [4.78, 5) is 4.52. The fraction of sp³-hybridized carbons (Fsp3) is 0.643. The van der Waals surface area contributed by atoms with E-state index < -0.39 is 0 Å². The van der Waals surface area contributed by atoms with Gasteiger partial charge in [-0.2, -0.15) is 0 Å². The molecule has 1 heterocycles. The number of rotatable bonds is 6. The van der Waals surface area contributed by atoms with Crippen LogP contribution in [0.4, 0.5) is 0 Å². The number of pyridine rings is 1. The van der Waals surface area contributed by atoms with Gasteiger partial charge in [-0.1, -0.05) is 13.3 Å². The van der Waals surface area contributed by atoms with Crippen molar-refractivity contribution in [3.8, 4) is 5.75 Å². The summed E-state index contributed by atoms with van der Waals surface area (Å²) in [5.41, 5.74) is 3.36. The summed E-state index contributed by atoms with van der Waals surface area (Å²) < 4.78 is 5.42. The van der Waals surface area contributed by atoms with Crippen molar-refractivity contribution >= 4 is 11.6 Å². The molecule has 0 aliphatic heterocycles. The van der Waals surface area contributed by atoms with Crippen LogP contribution in [0.25, 0.3) is 0 Å². The predicted octanol–water partition coefficient (Wildman–Crippen LogP) is 3.90. The van der Waals surface area contributed by atoms with E-state index in [0.29, 0.717) is 11.8 Å². The second-order valence-corrected chi connectivity index (χ2v) is 4.87. The van der Waals surface area contributed by atoms with E-state index in [-0.39, 0.29) is 0 Å². The van der Waals surface area contributed by atoms with Crippen LogP contribution in [0.15, 0.2) is 6.20 Å². The highest BCUT2D eigenvalue weighted by atomic mass is 35.5. The molecule has 1 aromatic heterocycles. The number of aryl methyl sites for hydroxylation is 1. The second-order valence-electron chi connectivity index (χ2n) is 4.56. The van der Waals surface area contributed by atoms with Crippen LogP contribution in [0.1, 0.15) is 36.6 Å². The third-order valence-electron chi connectivity index (χ3n) is 3.15. The molecule has 0 fully saturated rings. The van der Waals surface area contributed by atoms with Gasteiger partial charge in [0.25, 0.3) is 0 Å². The Kier molecular flexibility index (Phi) is 5.76. The maximum Gasteiger partial charge on any atom is 0.128 e. The molecule has 0 spiro atoms. The van der Waals surface area contributed by atoms with Crippen molar-refractivity contribution in [1.82, 2.24) is 4.98 Å². The lowest BCUT2D eigenvalue weighted by Gasteiger charge is -2.16. The largest absolute Gasteiger partial charge is 0.496 e. The van der Waals surface area contributed by atoms with Crippen LogP contribution in [0.3, 0.4) is 0 Å². The van der Waals surface area contributed by atoms with E-state index in [2.05, 4.69) is 18.8 Å². The maximum absolute atomic E-state index is 5.99. The van der Waals surface area contributed by atoms with Gasteiger partial charge in [0.05, 0.1) is 7.11 Å². The molecule has 0 bridgehead atoms. The molecule has 0 radical (unpaired) electrons. The molecule has 0 aliphatic rings. The normalized spacial score (nSPS) is 12.5. The minimum atomic E-state index is 0.514. The molecule has 0 aliphatic carbocycles. The van der Waals surface area contributed by atoms with E-state index in [9.17, 15) is 0 Å². The minimum Gasteiger partial charge on any atom is -0.496 e. The highest BCUT2D eigenvalue weighted by Crippen LogP contribution is 2.26. The molecular formula is C14H22ClNO. The smallest absolute Gasteiger partial charge is 0.128 e. The lowest BCUT2D eigenvalue weighted by Crippen LogP contribution is -2.10. The Morgan fingerprint density at radius 3 is 2.65 bits per heavy atom. The van der Waals surface area contributed by atoms with Crippen LogP contribution in [0.5, 0.6) is 5.75 Å². The molecule has 1 unspecified atom stereocenters. The molecule has 96 valence electrons. The predicted molar refractivity (Wildman–Crippen MR) is 73.1 cm³/mol. The van der Waals surface area contributed by atoms with Crippen molar-refractivity contribution in [2.75, 3.05) is 13.0 Å². The number of nitrogens with zero attached hydrogens (tertiary/aromatic N) is 1. The Morgan fingerprint density at radius 1 is 1.41 bits per heavy atom. The van der Waals surface area contributed by atoms with E-state index in [4.69, 9.17) is 16.3 Å². The number of alkyl halides is 1. The fourth-order valence-electron chi connectivity index (χ4n) is 2.19. The van der Waals surface area contributed by atoms with Gasteiger partial charge < -0.3 is 4.74 Å². The number of ether oxygens (including phenoxy) is 1. The second kappa shape index (κ2) is 6.85. The van der Waals surface area contributed by atoms with E-state index in [1.807, 2.05) is 13.1 Å². The van der Waals surface area contributed by atoms with Gasteiger partial charge in [-0.25, -0.2) is 0 Å². The number of hydrogen-bond acceptors (Lipinski definition) is 2. The number of methoxy groups -OCH3 is 1. The van der Waals surface area contributed by atoms with E-state index >= 15 is 0 Å². The van der Waals surface area contributed by atoms with Gasteiger partial charge in [-0.15, -0.1) is 11.6 Å². The Balaban J connectivity index is 2.91. The van der Waals surface area contributed by atoms with Crippen LogP contribution >= 0.6 is 11.6 Å². The maximum atomic E-state index is 5.99. The zero-order valence-corrected chi connectivity index (χ0v) is 12.0. The van der Waals surface area contributed by atoms with Gasteiger partial charge in [0.1, 0.15) is 5.75 Å². The molecule has 0 N–H and O–H groups in total. The van der Waals surface area contributed by atoms with Crippen molar-refractivity contribution in [2.45, 2.75) is 40.0 Å². The van der Waals surface area contributed by atoms with Gasteiger partial charge >= 0.3 is 0 Å². The Hall–Kier alpha value is -0.760. The Labute approximate surface area is 109 Å². The van der Waals surface area contributed by atoms with E-state index in [0.717, 1.165) is 35.4 Å². The third kappa shape index (κ3) is 3.60. The van der Waals surface area contributed by atoms with Crippen molar-refractivity contribution in [1.29, 1.82) is 0 Å². The molecule has 0 aromatic carbocycles. The summed E-state index contributed by atoms with van der Waals surface area (Å²) >= 11 is 5.99. The zero-order valence-electron chi connectivity index (χ0n) is 11.2. The zero-order chi connectivity index (χ0) is 12.8. The van der Waals surface area contributed by atoms with Gasteiger partial charge in [0.2, 0.25) is 0 Å². The highest BCUT2D eigenvalue weighted by Gasteiger charge is 2.14. The summed E-state index contributed by atoms with van der Waals surface area (Å²) in [5, 5.41) is 0. The molecule has 0 saturated heterocycles. The summed E-state index contributed by atoms with van der Waals surface area (Å²) in [5.74, 6) is 2.17. The standard InChI is InChI=1S/C14H22ClNO/c1-5-6-12(8-15)7-13-11(3)14(17-4)10(2)9-16-13/h9,12H,5-8H2,1-4H3. The Morgan fingerprint density at radius 2 is 2.12 bits per heavy atom. The Bertz CT molecular complexity index is 365. The third-order valence-corrected chi connectivity index (χ3v) is 3.58. The average Bonchev–Trinajstić information content (AvgIpc) is 2.32. The summed E-state index contributed by atoms with van der Waals surface area (Å²) in [6.45, 7) is 6.29. The van der Waals surface area contributed by atoms with E-state index in [1.165, 1.54) is 6.42 Å². The first kappa shape index (κ1) is 14.3. The molecule has 1 aromatic rings. The van der Waals surface area contributed by atoms with Crippen LogP contribution in [0, 0.1) is 19.8 Å². The summed E-state index contributed by atoms with van der Waals surface area (Å²) in [6, 6.07) is 0. The molecule has 0 saturated carbocycles. The van der Waals surface area contributed by atoms with Crippen molar-refractivity contribution < 1.29 is 4.74 Å². The van der Waals surface area contributed by atoms with Crippen molar-refractivity contribution in [3.63, 3.8) is 0 Å². The number of aromatic nitrogens is 1. The van der Waals surface area contributed by atoms with Gasteiger partial charge in [-0.3, -0.25) is 4.98 Å². The molecule has 2 nitrogen and oxygen atoms in total. The van der Waals surface area contributed by atoms with Crippen molar-refractivity contribution in [2.24, 2.45) is 5.92 Å². The van der Waals surface area contributed by atoms with Crippen LogP contribution in [0.2, 0.25) is 0 Å². The van der Waals surface area contributed by atoms with Crippen LogP contribution < -0.4 is 4.74 Å². The number of halogens is 1. The topological polar surface area (TPSA) is 22.1 Å². The molecule has 17 heavy (non-hydrogen) atoms. The van der Waals surface area contributed by atoms with Gasteiger partial charge in [0.15, 0.2) is 0 Å². The molecular weight excluding hydrogens is 234 g/mol. The summed E-state index contributed by atoms with van der Waals surface area (Å²) in [7, 11) is 1.71. The first-order valence-corrected chi connectivity index (χ1v) is 6.72. The van der Waals surface area contributed by atoms with Crippen LogP contribution in [-0.4, -0.2) is 18.0 Å². The van der Waals surface area contributed by atoms with E-state index in [1.54, 1.807) is 7.11 Å². The molecule has 0 amide bonds. The molecule has 1 atom stereocenters. The average molecular weight is 256 g/mol. The SMILES string of the molecule is CCCC(CCl)Cc1ncc(C)c(OC)c1C. The lowest BCUT2D eigenvalue weighted by atomic mass is 9.97. The van der Waals surface area contributed by atoms with Crippen molar-refractivity contribution in [3.05, 3.63) is 23.0 Å². The minimum absolute atomic E-state index is 0.514. The lowest BCUT2D eigenvalue weighted by molar-refractivity contribution is 0.405. The molecule has 3 heteroatoms.